The SMILES string of the molecule is CC(=O)OC[C@H]1OC(n2ccc(N)nc2=O)[C@@H](OC(C)=O)[C@@H]1OC(C)=O. The van der Waals surface area contributed by atoms with Gasteiger partial charge in [-0.1, -0.05) is 0 Å². The summed E-state index contributed by atoms with van der Waals surface area (Å²) < 4.78 is 22.1. The maximum absolute atomic E-state index is 12.1. The van der Waals surface area contributed by atoms with Crippen molar-refractivity contribution in [3.05, 3.63) is 22.7 Å². The van der Waals surface area contributed by atoms with E-state index >= 15 is 0 Å². The van der Waals surface area contributed by atoms with Gasteiger partial charge in [0.05, 0.1) is 0 Å². The van der Waals surface area contributed by atoms with E-state index < -0.39 is 48.1 Å². The molecule has 0 aliphatic carbocycles. The molecule has 142 valence electrons. The fraction of sp³-hybridized carbons (Fsp3) is 0.533. The summed E-state index contributed by atoms with van der Waals surface area (Å²) in [6, 6.07) is 1.36. The molecule has 0 bridgehead atoms. The molecule has 0 spiro atoms. The van der Waals surface area contributed by atoms with Crippen LogP contribution in [-0.4, -0.2) is 52.4 Å². The van der Waals surface area contributed by atoms with Gasteiger partial charge in [0, 0.05) is 27.0 Å². The fourth-order valence-electron chi connectivity index (χ4n) is 2.54. The number of nitrogens with zero attached hydrogens (tertiary/aromatic N) is 2. The van der Waals surface area contributed by atoms with E-state index in [0.717, 1.165) is 18.4 Å². The minimum Gasteiger partial charge on any atom is -0.463 e. The monoisotopic (exact) mass is 369 g/mol. The van der Waals surface area contributed by atoms with Gasteiger partial charge in [-0.25, -0.2) is 4.79 Å². The molecule has 1 aliphatic heterocycles. The van der Waals surface area contributed by atoms with Crippen molar-refractivity contribution in [1.29, 1.82) is 0 Å². The number of hydrogen-bond donors (Lipinski definition) is 1. The number of nitrogen functional groups attached to an aromatic ring is 1. The highest BCUT2D eigenvalue weighted by Crippen LogP contribution is 2.33. The van der Waals surface area contributed by atoms with Crippen LogP contribution in [0.15, 0.2) is 17.1 Å². The predicted octanol–water partition coefficient (Wildman–Crippen LogP) is -0.851. The largest absolute Gasteiger partial charge is 0.463 e. The molecule has 26 heavy (non-hydrogen) atoms. The second-order valence-electron chi connectivity index (χ2n) is 5.56. The van der Waals surface area contributed by atoms with Gasteiger partial charge in [-0.05, 0) is 6.07 Å². The molecule has 0 amide bonds. The van der Waals surface area contributed by atoms with Crippen LogP contribution in [0.1, 0.15) is 27.0 Å². The van der Waals surface area contributed by atoms with Gasteiger partial charge in [0.1, 0.15) is 18.5 Å². The molecular weight excluding hydrogens is 350 g/mol. The Hall–Kier alpha value is -2.95. The van der Waals surface area contributed by atoms with Gasteiger partial charge < -0.3 is 24.7 Å². The summed E-state index contributed by atoms with van der Waals surface area (Å²) in [5.74, 6) is -1.91. The third-order valence-electron chi connectivity index (χ3n) is 3.47. The summed E-state index contributed by atoms with van der Waals surface area (Å²) in [7, 11) is 0. The molecule has 4 atom stereocenters. The van der Waals surface area contributed by atoms with Crippen molar-refractivity contribution < 1.29 is 33.3 Å². The molecule has 2 rings (SSSR count). The van der Waals surface area contributed by atoms with E-state index in [2.05, 4.69) is 4.98 Å². The number of anilines is 1. The highest BCUT2D eigenvalue weighted by molar-refractivity contribution is 5.68. The summed E-state index contributed by atoms with van der Waals surface area (Å²) in [4.78, 5) is 49.7. The van der Waals surface area contributed by atoms with Crippen molar-refractivity contribution >= 4 is 23.7 Å². The minimum absolute atomic E-state index is 0.00119. The first-order chi connectivity index (χ1) is 12.2. The van der Waals surface area contributed by atoms with Crippen LogP contribution >= 0.6 is 0 Å². The average Bonchev–Trinajstić information content (AvgIpc) is 2.82. The first-order valence-electron chi connectivity index (χ1n) is 7.67. The fourth-order valence-corrected chi connectivity index (χ4v) is 2.54. The Labute approximate surface area is 148 Å². The Kier molecular flexibility index (Phi) is 5.93. The molecule has 0 aromatic carbocycles. The van der Waals surface area contributed by atoms with E-state index in [-0.39, 0.29) is 12.4 Å². The zero-order chi connectivity index (χ0) is 19.4. The third kappa shape index (κ3) is 4.57. The Morgan fingerprint density at radius 2 is 1.77 bits per heavy atom. The summed E-state index contributed by atoms with van der Waals surface area (Å²) in [6.07, 6.45) is -3.04. The molecule has 1 aromatic heterocycles. The number of carbonyl (C=O) groups is 3. The van der Waals surface area contributed by atoms with Crippen molar-refractivity contribution in [2.45, 2.75) is 45.3 Å². The Bertz CT molecular complexity index is 762. The molecule has 1 fully saturated rings. The topological polar surface area (TPSA) is 149 Å². The number of hydrogen-bond acceptors (Lipinski definition) is 10. The van der Waals surface area contributed by atoms with Gasteiger partial charge in [0.15, 0.2) is 18.4 Å². The first kappa shape index (κ1) is 19.4. The number of esters is 3. The number of rotatable bonds is 5. The molecule has 2 heterocycles. The van der Waals surface area contributed by atoms with Crippen LogP contribution in [0.5, 0.6) is 0 Å². The van der Waals surface area contributed by atoms with Crippen molar-refractivity contribution in [2.24, 2.45) is 0 Å². The van der Waals surface area contributed by atoms with Crippen LogP contribution in [0.25, 0.3) is 0 Å². The van der Waals surface area contributed by atoms with Crippen LogP contribution in [0.2, 0.25) is 0 Å². The number of nitrogens with two attached hydrogens (primary N) is 1. The lowest BCUT2D eigenvalue weighted by molar-refractivity contribution is -0.166. The minimum atomic E-state index is -1.15. The van der Waals surface area contributed by atoms with Crippen molar-refractivity contribution in [3.63, 3.8) is 0 Å². The van der Waals surface area contributed by atoms with Crippen LogP contribution in [-0.2, 0) is 33.3 Å². The van der Waals surface area contributed by atoms with Crippen LogP contribution in [0, 0.1) is 0 Å². The highest BCUT2D eigenvalue weighted by Gasteiger charge is 2.50. The standard InChI is InChI=1S/C15H19N3O8/c1-7(19)23-6-10-12(24-8(2)20)13(25-9(3)21)14(26-10)18-5-4-11(16)17-15(18)22/h4-5,10,12-14H,6H2,1-3H3,(H2,16,17,22)/t10-,12-,13+,14?/m1/s1. The molecule has 1 unspecified atom stereocenters. The molecule has 0 saturated carbocycles. The number of carbonyl (C=O) groups excluding carboxylic acids is 3. The molecule has 11 nitrogen and oxygen atoms in total. The second kappa shape index (κ2) is 7.95. The van der Waals surface area contributed by atoms with Crippen molar-refractivity contribution in [3.8, 4) is 0 Å². The lowest BCUT2D eigenvalue weighted by atomic mass is 10.1. The molecule has 0 radical (unpaired) electrons. The van der Waals surface area contributed by atoms with E-state index in [1.807, 2.05) is 0 Å². The van der Waals surface area contributed by atoms with E-state index in [0.29, 0.717) is 0 Å². The van der Waals surface area contributed by atoms with Gasteiger partial charge in [-0.15, -0.1) is 0 Å². The molecule has 1 aliphatic rings. The molecule has 2 N–H and O–H groups in total. The van der Waals surface area contributed by atoms with Gasteiger partial charge in [0.25, 0.3) is 0 Å². The van der Waals surface area contributed by atoms with Gasteiger partial charge in [0.2, 0.25) is 0 Å². The second-order valence-corrected chi connectivity index (χ2v) is 5.56. The lowest BCUT2D eigenvalue weighted by Gasteiger charge is -2.23. The summed E-state index contributed by atoms with van der Waals surface area (Å²) in [6.45, 7) is 3.26. The van der Waals surface area contributed by atoms with Crippen LogP contribution in [0.3, 0.4) is 0 Å². The summed E-state index contributed by atoms with van der Waals surface area (Å²) in [5, 5.41) is 0. The number of ether oxygens (including phenoxy) is 4. The molecule has 1 aromatic rings. The molecule has 1 saturated heterocycles. The Morgan fingerprint density at radius 3 is 2.31 bits per heavy atom. The van der Waals surface area contributed by atoms with E-state index in [1.54, 1.807) is 0 Å². The lowest BCUT2D eigenvalue weighted by Crippen LogP contribution is -2.41. The predicted molar refractivity (Wildman–Crippen MR) is 84.6 cm³/mol. The van der Waals surface area contributed by atoms with Gasteiger partial charge in [-0.2, -0.15) is 4.98 Å². The van der Waals surface area contributed by atoms with Crippen LogP contribution in [0.4, 0.5) is 5.82 Å². The normalized spacial score (nSPS) is 24.7. The Balaban J connectivity index is 2.40. The quantitative estimate of drug-likeness (QED) is 0.513. The Morgan fingerprint density at radius 1 is 1.15 bits per heavy atom. The zero-order valence-corrected chi connectivity index (χ0v) is 14.4. The summed E-state index contributed by atoms with van der Waals surface area (Å²) >= 11 is 0. The van der Waals surface area contributed by atoms with E-state index in [9.17, 15) is 19.2 Å². The number of aromatic nitrogens is 2. The molecule has 11 heteroatoms. The maximum Gasteiger partial charge on any atom is 0.351 e. The van der Waals surface area contributed by atoms with E-state index in [1.165, 1.54) is 19.2 Å². The third-order valence-corrected chi connectivity index (χ3v) is 3.47. The van der Waals surface area contributed by atoms with Crippen LogP contribution < -0.4 is 11.4 Å². The van der Waals surface area contributed by atoms with Gasteiger partial charge in [-0.3, -0.25) is 19.0 Å². The van der Waals surface area contributed by atoms with Crippen molar-refractivity contribution in [1.82, 2.24) is 9.55 Å². The average molecular weight is 369 g/mol. The maximum atomic E-state index is 12.1. The first-order valence-corrected chi connectivity index (χ1v) is 7.67. The highest BCUT2D eigenvalue weighted by atomic mass is 16.7. The molecular formula is C15H19N3O8. The van der Waals surface area contributed by atoms with Gasteiger partial charge >= 0.3 is 23.6 Å². The smallest absolute Gasteiger partial charge is 0.351 e. The summed E-state index contributed by atoms with van der Waals surface area (Å²) in [5.41, 5.74) is 4.72. The van der Waals surface area contributed by atoms with Crippen molar-refractivity contribution in [2.75, 3.05) is 12.3 Å². The van der Waals surface area contributed by atoms with E-state index in [4.69, 9.17) is 24.7 Å². The zero-order valence-electron chi connectivity index (χ0n) is 14.4.